The van der Waals surface area contributed by atoms with E-state index >= 15 is 4.57 Å². The van der Waals surface area contributed by atoms with E-state index in [2.05, 4.69) is 16.3 Å². The standard InChI is InChI=1S/C22H27N2O2P/c1-22(15-8-14-21(25)18-22)27(26)23(19-10-4-2-5-11-19)16-9-17-24(27)20-12-6-3-7-13-20/h2-7,10-13H,8-9,14-18H2,1H3. The lowest BCUT2D eigenvalue weighted by Crippen LogP contribution is -2.49. The van der Waals surface area contributed by atoms with Crippen molar-refractivity contribution in [1.82, 2.24) is 0 Å². The van der Waals surface area contributed by atoms with Gasteiger partial charge in [0, 0.05) is 37.3 Å². The number of Topliss-reactive ketones (excluding diaryl/α,β-unsaturated/α-hetero) is 1. The lowest BCUT2D eigenvalue weighted by molar-refractivity contribution is -0.120. The van der Waals surface area contributed by atoms with Gasteiger partial charge in [-0.2, -0.15) is 0 Å². The number of nitrogens with zero attached hydrogens (tertiary/aromatic N) is 2. The molecule has 2 aromatic carbocycles. The van der Waals surface area contributed by atoms with Gasteiger partial charge in [-0.1, -0.05) is 36.4 Å². The average molecular weight is 382 g/mol. The summed E-state index contributed by atoms with van der Waals surface area (Å²) in [4.78, 5) is 12.4. The summed E-state index contributed by atoms with van der Waals surface area (Å²) >= 11 is 0. The van der Waals surface area contributed by atoms with E-state index in [0.29, 0.717) is 12.8 Å². The predicted octanol–water partition coefficient (Wildman–Crippen LogP) is 5.50. The topological polar surface area (TPSA) is 40.6 Å². The molecule has 0 amide bonds. The number of benzene rings is 2. The van der Waals surface area contributed by atoms with Gasteiger partial charge >= 0.3 is 0 Å². The Hall–Kier alpha value is -2.06. The van der Waals surface area contributed by atoms with Crippen LogP contribution in [-0.4, -0.2) is 24.0 Å². The summed E-state index contributed by atoms with van der Waals surface area (Å²) in [6.07, 6.45) is 3.61. The Morgan fingerprint density at radius 3 is 1.85 bits per heavy atom. The number of ketones is 1. The minimum Gasteiger partial charge on any atom is -0.306 e. The zero-order valence-electron chi connectivity index (χ0n) is 15.9. The summed E-state index contributed by atoms with van der Waals surface area (Å²) < 4.78 is 19.2. The molecule has 1 heterocycles. The van der Waals surface area contributed by atoms with E-state index in [4.69, 9.17) is 0 Å². The molecular formula is C22H27N2O2P. The minimum absolute atomic E-state index is 0.241. The number of hydrogen-bond donors (Lipinski definition) is 0. The molecule has 27 heavy (non-hydrogen) atoms. The maximum Gasteiger partial charge on any atom is 0.269 e. The number of para-hydroxylation sites is 2. The zero-order chi connectivity index (χ0) is 18.9. The van der Waals surface area contributed by atoms with Gasteiger partial charge < -0.3 is 9.34 Å². The van der Waals surface area contributed by atoms with Crippen LogP contribution in [0.2, 0.25) is 0 Å². The SMILES string of the molecule is CC1(P2(=O)N(c3ccccc3)CCCN2c2ccccc2)CCCC(=O)C1. The molecule has 2 aliphatic rings. The molecule has 1 aliphatic carbocycles. The summed E-state index contributed by atoms with van der Waals surface area (Å²) in [5.74, 6) is 0.241. The maximum atomic E-state index is 15.0. The Morgan fingerprint density at radius 1 is 0.852 bits per heavy atom. The Labute approximate surface area is 161 Å². The predicted molar refractivity (Wildman–Crippen MR) is 112 cm³/mol. The van der Waals surface area contributed by atoms with Gasteiger partial charge in [-0.3, -0.25) is 9.36 Å². The molecule has 4 nitrogen and oxygen atoms in total. The van der Waals surface area contributed by atoms with Crippen molar-refractivity contribution in [1.29, 1.82) is 0 Å². The van der Waals surface area contributed by atoms with Crippen molar-refractivity contribution in [3.63, 3.8) is 0 Å². The molecular weight excluding hydrogens is 355 g/mol. The van der Waals surface area contributed by atoms with Crippen LogP contribution in [0.15, 0.2) is 60.7 Å². The van der Waals surface area contributed by atoms with Crippen molar-refractivity contribution in [3.8, 4) is 0 Å². The van der Waals surface area contributed by atoms with Crippen LogP contribution in [0, 0.1) is 0 Å². The monoisotopic (exact) mass is 382 g/mol. The normalized spacial score (nSPS) is 25.4. The van der Waals surface area contributed by atoms with Gasteiger partial charge in [-0.25, -0.2) is 0 Å². The highest BCUT2D eigenvalue weighted by Gasteiger charge is 2.55. The van der Waals surface area contributed by atoms with Crippen molar-refractivity contribution in [3.05, 3.63) is 60.7 Å². The molecule has 5 heteroatoms. The summed E-state index contributed by atoms with van der Waals surface area (Å²) in [6.45, 7) is 3.59. The first-order chi connectivity index (χ1) is 13.0. The largest absolute Gasteiger partial charge is 0.306 e. The third-order valence-corrected chi connectivity index (χ3v) is 9.91. The van der Waals surface area contributed by atoms with Crippen molar-refractivity contribution < 1.29 is 9.36 Å². The highest BCUT2D eigenvalue weighted by molar-refractivity contribution is 7.68. The van der Waals surface area contributed by atoms with Crippen LogP contribution >= 0.6 is 7.44 Å². The van der Waals surface area contributed by atoms with E-state index in [1.165, 1.54) is 0 Å². The first kappa shape index (κ1) is 18.3. The van der Waals surface area contributed by atoms with Crippen molar-refractivity contribution in [2.75, 3.05) is 22.4 Å². The first-order valence-electron chi connectivity index (χ1n) is 9.83. The molecule has 0 aromatic heterocycles. The molecule has 1 saturated heterocycles. The Kier molecular flexibility index (Phi) is 4.86. The maximum absolute atomic E-state index is 15.0. The lowest BCUT2D eigenvalue weighted by atomic mass is 9.89. The quantitative estimate of drug-likeness (QED) is 0.658. The van der Waals surface area contributed by atoms with Crippen LogP contribution in [0.1, 0.15) is 39.0 Å². The van der Waals surface area contributed by atoms with Crippen molar-refractivity contribution in [2.45, 2.75) is 44.2 Å². The van der Waals surface area contributed by atoms with Crippen LogP contribution in [0.5, 0.6) is 0 Å². The first-order valence-corrected chi connectivity index (χ1v) is 11.4. The van der Waals surface area contributed by atoms with E-state index in [0.717, 1.165) is 43.7 Å². The molecule has 2 fully saturated rings. The Morgan fingerprint density at radius 2 is 1.37 bits per heavy atom. The van der Waals surface area contributed by atoms with E-state index in [1.54, 1.807) is 0 Å². The van der Waals surface area contributed by atoms with Gasteiger partial charge in [0.25, 0.3) is 7.44 Å². The number of anilines is 2. The summed E-state index contributed by atoms with van der Waals surface area (Å²) in [6, 6.07) is 20.1. The zero-order valence-corrected chi connectivity index (χ0v) is 16.8. The van der Waals surface area contributed by atoms with Crippen LogP contribution in [0.4, 0.5) is 11.4 Å². The van der Waals surface area contributed by atoms with Gasteiger partial charge in [0.2, 0.25) is 0 Å². The second-order valence-corrected chi connectivity index (χ2v) is 11.0. The fourth-order valence-corrected chi connectivity index (χ4v) is 8.62. The smallest absolute Gasteiger partial charge is 0.269 e. The average Bonchev–Trinajstić information content (AvgIpc) is 2.69. The molecule has 1 unspecified atom stereocenters. The third kappa shape index (κ3) is 3.10. The fraction of sp³-hybridized carbons (Fsp3) is 0.409. The van der Waals surface area contributed by atoms with Gasteiger partial charge in [-0.05, 0) is 50.5 Å². The fourth-order valence-electron chi connectivity index (χ4n) is 4.64. The third-order valence-electron chi connectivity index (χ3n) is 5.95. The highest BCUT2D eigenvalue weighted by Crippen LogP contribution is 2.70. The summed E-state index contributed by atoms with van der Waals surface area (Å²) in [5.41, 5.74) is 1.97. The number of rotatable bonds is 3. The van der Waals surface area contributed by atoms with Crippen LogP contribution in [0.3, 0.4) is 0 Å². The Balaban J connectivity index is 1.87. The molecule has 1 aliphatic heterocycles. The number of hydrogen-bond acceptors (Lipinski definition) is 2. The summed E-state index contributed by atoms with van der Waals surface area (Å²) in [5, 5.41) is -0.533. The molecule has 0 N–H and O–H groups in total. The van der Waals surface area contributed by atoms with Crippen LogP contribution in [0.25, 0.3) is 0 Å². The van der Waals surface area contributed by atoms with Crippen molar-refractivity contribution >= 4 is 24.6 Å². The summed E-state index contributed by atoms with van der Waals surface area (Å²) in [7, 11) is -3.06. The minimum atomic E-state index is -3.06. The van der Waals surface area contributed by atoms with Gasteiger partial charge in [0.05, 0.1) is 5.16 Å². The van der Waals surface area contributed by atoms with Crippen LogP contribution < -0.4 is 9.34 Å². The number of carbonyl (C=O) groups excluding carboxylic acids is 1. The lowest BCUT2D eigenvalue weighted by Gasteiger charge is -2.54. The molecule has 0 bridgehead atoms. The second-order valence-electron chi connectivity index (χ2n) is 7.88. The van der Waals surface area contributed by atoms with E-state index in [1.807, 2.05) is 60.7 Å². The van der Waals surface area contributed by atoms with Crippen LogP contribution in [-0.2, 0) is 9.36 Å². The van der Waals surface area contributed by atoms with E-state index in [-0.39, 0.29) is 5.78 Å². The highest BCUT2D eigenvalue weighted by atomic mass is 31.2. The van der Waals surface area contributed by atoms with Gasteiger partial charge in [0.15, 0.2) is 0 Å². The molecule has 142 valence electrons. The molecule has 2 aromatic rings. The molecule has 0 spiro atoms. The van der Waals surface area contributed by atoms with Gasteiger partial charge in [-0.15, -0.1) is 0 Å². The molecule has 1 saturated carbocycles. The second kappa shape index (κ2) is 7.16. The van der Waals surface area contributed by atoms with Gasteiger partial charge in [0.1, 0.15) is 5.78 Å². The van der Waals surface area contributed by atoms with Crippen molar-refractivity contribution in [2.24, 2.45) is 0 Å². The molecule has 4 rings (SSSR count). The van der Waals surface area contributed by atoms with E-state index < -0.39 is 12.6 Å². The molecule has 1 atom stereocenters. The number of carbonyl (C=O) groups is 1. The Bertz CT molecular complexity index is 804. The molecule has 0 radical (unpaired) electrons. The van der Waals surface area contributed by atoms with E-state index in [9.17, 15) is 4.79 Å².